The Morgan fingerprint density at radius 3 is 2.50 bits per heavy atom. The number of hydrogen-bond donors (Lipinski definition) is 1. The minimum Gasteiger partial charge on any atom is -0.465 e. The van der Waals surface area contributed by atoms with Crippen LogP contribution in [-0.4, -0.2) is 24.7 Å². The topological polar surface area (TPSA) is 38.3 Å². The molecule has 0 aliphatic heterocycles. The van der Waals surface area contributed by atoms with Gasteiger partial charge in [0, 0.05) is 6.04 Å². The molecular formula is C17H27NO2. The molecule has 0 amide bonds. The zero-order valence-corrected chi connectivity index (χ0v) is 12.9. The van der Waals surface area contributed by atoms with Gasteiger partial charge in [0.15, 0.2) is 0 Å². The van der Waals surface area contributed by atoms with Gasteiger partial charge < -0.3 is 10.1 Å². The van der Waals surface area contributed by atoms with Crippen LogP contribution < -0.4 is 5.32 Å². The summed E-state index contributed by atoms with van der Waals surface area (Å²) in [7, 11) is 0. The van der Waals surface area contributed by atoms with E-state index in [9.17, 15) is 4.79 Å². The third kappa shape index (κ3) is 6.20. The molecule has 1 aromatic carbocycles. The fourth-order valence-corrected chi connectivity index (χ4v) is 2.26. The summed E-state index contributed by atoms with van der Waals surface area (Å²) in [6.45, 7) is 6.51. The lowest BCUT2D eigenvalue weighted by Gasteiger charge is -2.21. The third-order valence-corrected chi connectivity index (χ3v) is 3.34. The molecule has 0 heterocycles. The molecule has 3 nitrogen and oxygen atoms in total. The van der Waals surface area contributed by atoms with Crippen LogP contribution in [0.25, 0.3) is 0 Å². The number of ether oxygens (including phenoxy) is 1. The van der Waals surface area contributed by atoms with Crippen LogP contribution in [0.2, 0.25) is 0 Å². The van der Waals surface area contributed by atoms with Crippen molar-refractivity contribution in [3.8, 4) is 0 Å². The molecule has 1 aromatic rings. The fourth-order valence-electron chi connectivity index (χ4n) is 2.26. The minimum atomic E-state index is -0.175. The molecule has 2 unspecified atom stereocenters. The summed E-state index contributed by atoms with van der Waals surface area (Å²) in [5, 5.41) is 3.40. The van der Waals surface area contributed by atoms with Gasteiger partial charge in [-0.2, -0.15) is 0 Å². The number of benzene rings is 1. The van der Waals surface area contributed by atoms with Crippen molar-refractivity contribution in [3.63, 3.8) is 0 Å². The molecule has 0 spiro atoms. The summed E-state index contributed by atoms with van der Waals surface area (Å²) in [5.74, 6) is -0.124. The lowest BCUT2D eigenvalue weighted by molar-refractivity contribution is -0.146. The van der Waals surface area contributed by atoms with Crippen LogP contribution in [-0.2, 0) is 16.0 Å². The van der Waals surface area contributed by atoms with Crippen molar-refractivity contribution in [2.24, 2.45) is 0 Å². The van der Waals surface area contributed by atoms with Gasteiger partial charge in [0.25, 0.3) is 0 Å². The Morgan fingerprint density at radius 1 is 1.20 bits per heavy atom. The van der Waals surface area contributed by atoms with E-state index in [1.807, 2.05) is 13.0 Å². The van der Waals surface area contributed by atoms with Crippen LogP contribution >= 0.6 is 0 Å². The van der Waals surface area contributed by atoms with Crippen LogP contribution in [0, 0.1) is 0 Å². The fraction of sp³-hybridized carbons (Fsp3) is 0.588. The standard InChI is InChI=1S/C17H27NO2/c1-4-9-16(17(19)20-5-2)18-14(3)12-13-15-10-7-6-8-11-15/h6-8,10-11,14,16,18H,4-5,9,12-13H2,1-3H3. The molecule has 20 heavy (non-hydrogen) atoms. The van der Waals surface area contributed by atoms with Crippen LogP contribution in [0.3, 0.4) is 0 Å². The third-order valence-electron chi connectivity index (χ3n) is 3.34. The molecule has 1 rings (SSSR count). The number of carbonyl (C=O) groups excluding carboxylic acids is 1. The van der Waals surface area contributed by atoms with Crippen LogP contribution in [0.5, 0.6) is 0 Å². The van der Waals surface area contributed by atoms with Crippen LogP contribution in [0.4, 0.5) is 0 Å². The van der Waals surface area contributed by atoms with Crippen LogP contribution in [0.1, 0.15) is 45.6 Å². The number of carbonyl (C=O) groups is 1. The van der Waals surface area contributed by atoms with Crippen molar-refractivity contribution in [2.45, 2.75) is 58.5 Å². The normalized spacial score (nSPS) is 13.8. The van der Waals surface area contributed by atoms with E-state index < -0.39 is 0 Å². The highest BCUT2D eigenvalue weighted by Gasteiger charge is 2.20. The molecule has 0 saturated carbocycles. The van der Waals surface area contributed by atoms with Crippen molar-refractivity contribution in [3.05, 3.63) is 35.9 Å². The Kier molecular flexibility index (Phi) is 7.97. The smallest absolute Gasteiger partial charge is 0.323 e. The molecule has 0 fully saturated rings. The van der Waals surface area contributed by atoms with Gasteiger partial charge in [-0.1, -0.05) is 43.7 Å². The van der Waals surface area contributed by atoms with E-state index in [2.05, 4.69) is 43.4 Å². The quantitative estimate of drug-likeness (QED) is 0.704. The van der Waals surface area contributed by atoms with Gasteiger partial charge in [0.05, 0.1) is 6.61 Å². The van der Waals surface area contributed by atoms with Gasteiger partial charge in [0.2, 0.25) is 0 Å². The van der Waals surface area contributed by atoms with Crippen molar-refractivity contribution >= 4 is 5.97 Å². The second-order valence-electron chi connectivity index (χ2n) is 5.19. The first-order valence-electron chi connectivity index (χ1n) is 7.64. The summed E-state index contributed by atoms with van der Waals surface area (Å²) in [6.07, 6.45) is 3.84. The number of nitrogens with one attached hydrogen (secondary N) is 1. The Balaban J connectivity index is 2.41. The van der Waals surface area contributed by atoms with E-state index >= 15 is 0 Å². The monoisotopic (exact) mass is 277 g/mol. The first-order valence-corrected chi connectivity index (χ1v) is 7.64. The number of hydrogen-bond acceptors (Lipinski definition) is 3. The van der Waals surface area contributed by atoms with Crippen molar-refractivity contribution in [1.82, 2.24) is 5.32 Å². The molecular weight excluding hydrogens is 250 g/mol. The van der Waals surface area contributed by atoms with Crippen molar-refractivity contribution in [1.29, 1.82) is 0 Å². The first kappa shape index (κ1) is 16.7. The minimum absolute atomic E-state index is 0.124. The van der Waals surface area contributed by atoms with Crippen molar-refractivity contribution in [2.75, 3.05) is 6.61 Å². The lowest BCUT2D eigenvalue weighted by atomic mass is 10.0. The Morgan fingerprint density at radius 2 is 1.90 bits per heavy atom. The molecule has 3 heteroatoms. The molecule has 2 atom stereocenters. The Hall–Kier alpha value is -1.35. The maximum atomic E-state index is 11.9. The van der Waals surface area contributed by atoms with E-state index in [0.29, 0.717) is 12.6 Å². The summed E-state index contributed by atoms with van der Waals surface area (Å²) >= 11 is 0. The number of aryl methyl sites for hydroxylation is 1. The van der Waals surface area contributed by atoms with E-state index in [0.717, 1.165) is 25.7 Å². The molecule has 1 N–H and O–H groups in total. The molecule has 0 saturated heterocycles. The molecule has 112 valence electrons. The molecule has 0 bridgehead atoms. The second-order valence-corrected chi connectivity index (χ2v) is 5.19. The van der Waals surface area contributed by atoms with Gasteiger partial charge >= 0.3 is 5.97 Å². The molecule has 0 aliphatic carbocycles. The summed E-state index contributed by atoms with van der Waals surface area (Å²) in [6, 6.07) is 10.6. The molecule has 0 aromatic heterocycles. The maximum absolute atomic E-state index is 11.9. The second kappa shape index (κ2) is 9.54. The molecule has 0 radical (unpaired) electrons. The summed E-state index contributed by atoms with van der Waals surface area (Å²) in [5.41, 5.74) is 1.34. The van der Waals surface area contributed by atoms with Crippen LogP contribution in [0.15, 0.2) is 30.3 Å². The zero-order valence-electron chi connectivity index (χ0n) is 12.9. The summed E-state index contributed by atoms with van der Waals surface area (Å²) < 4.78 is 5.12. The Bertz CT molecular complexity index is 378. The SMILES string of the molecule is CCCC(NC(C)CCc1ccccc1)C(=O)OCC. The van der Waals surface area contributed by atoms with E-state index in [-0.39, 0.29) is 12.0 Å². The largest absolute Gasteiger partial charge is 0.465 e. The Labute approximate surface area is 122 Å². The zero-order chi connectivity index (χ0) is 14.8. The average molecular weight is 277 g/mol. The van der Waals surface area contributed by atoms with Gasteiger partial charge in [-0.15, -0.1) is 0 Å². The highest BCUT2D eigenvalue weighted by atomic mass is 16.5. The van der Waals surface area contributed by atoms with Gasteiger partial charge in [0.1, 0.15) is 6.04 Å². The predicted octanol–water partition coefficient (Wildman–Crippen LogP) is 3.33. The maximum Gasteiger partial charge on any atom is 0.323 e. The molecule has 0 aliphatic rings. The predicted molar refractivity (Wildman–Crippen MR) is 82.7 cm³/mol. The summed E-state index contributed by atoms with van der Waals surface area (Å²) in [4.78, 5) is 11.9. The lowest BCUT2D eigenvalue weighted by Crippen LogP contribution is -2.43. The van der Waals surface area contributed by atoms with Gasteiger partial charge in [-0.05, 0) is 38.7 Å². The van der Waals surface area contributed by atoms with E-state index in [1.165, 1.54) is 5.56 Å². The average Bonchev–Trinajstić information content (AvgIpc) is 2.46. The van der Waals surface area contributed by atoms with Gasteiger partial charge in [-0.3, -0.25) is 4.79 Å². The van der Waals surface area contributed by atoms with E-state index in [4.69, 9.17) is 4.74 Å². The first-order chi connectivity index (χ1) is 9.67. The van der Waals surface area contributed by atoms with E-state index in [1.54, 1.807) is 0 Å². The number of rotatable bonds is 9. The highest BCUT2D eigenvalue weighted by Crippen LogP contribution is 2.07. The van der Waals surface area contributed by atoms with Gasteiger partial charge in [-0.25, -0.2) is 0 Å². The van der Waals surface area contributed by atoms with Crippen molar-refractivity contribution < 1.29 is 9.53 Å². The number of esters is 1. The highest BCUT2D eigenvalue weighted by molar-refractivity contribution is 5.75.